The van der Waals surface area contributed by atoms with Crippen molar-refractivity contribution in [1.82, 2.24) is 5.32 Å². The Morgan fingerprint density at radius 3 is 2.72 bits per heavy atom. The van der Waals surface area contributed by atoms with Crippen molar-refractivity contribution >= 4 is 0 Å². The van der Waals surface area contributed by atoms with Crippen molar-refractivity contribution in [2.75, 3.05) is 6.54 Å². The van der Waals surface area contributed by atoms with Crippen LogP contribution in [0, 0.1) is 40.9 Å². The van der Waals surface area contributed by atoms with E-state index in [0.29, 0.717) is 5.41 Å². The number of aliphatic hydroxyl groups excluding tert-OH is 1. The maximum Gasteiger partial charge on any atom is 0.0577 e. The minimum absolute atomic E-state index is 0.0913. The lowest BCUT2D eigenvalue weighted by molar-refractivity contribution is 0.0547. The summed E-state index contributed by atoms with van der Waals surface area (Å²) >= 11 is 0. The lowest BCUT2D eigenvalue weighted by atomic mass is 9.56. The molecule has 29 heavy (non-hydrogen) atoms. The van der Waals surface area contributed by atoms with Gasteiger partial charge >= 0.3 is 0 Å². The molecule has 3 fully saturated rings. The van der Waals surface area contributed by atoms with E-state index in [0.717, 1.165) is 54.4 Å². The summed E-state index contributed by atoms with van der Waals surface area (Å²) in [5.74, 6) is 4.96. The number of fused-ring (bicyclic) bond motifs is 5. The van der Waals surface area contributed by atoms with E-state index in [1.54, 1.807) is 11.1 Å². The van der Waals surface area contributed by atoms with Gasteiger partial charge in [0.2, 0.25) is 0 Å². The zero-order chi connectivity index (χ0) is 20.3. The third-order valence-electron chi connectivity index (χ3n) is 10.4. The molecule has 0 bridgehead atoms. The van der Waals surface area contributed by atoms with Crippen LogP contribution in [0.2, 0.25) is 0 Å². The van der Waals surface area contributed by atoms with Crippen LogP contribution in [0.1, 0.15) is 85.5 Å². The van der Waals surface area contributed by atoms with E-state index < -0.39 is 0 Å². The molecule has 5 rings (SSSR count). The summed E-state index contributed by atoms with van der Waals surface area (Å²) in [6.45, 7) is 11.2. The first kappa shape index (κ1) is 20.3. The Hall–Kier alpha value is -0.600. The quantitative estimate of drug-likeness (QED) is 0.571. The van der Waals surface area contributed by atoms with Crippen molar-refractivity contribution in [3.05, 3.63) is 22.8 Å². The van der Waals surface area contributed by atoms with Crippen molar-refractivity contribution in [3.63, 3.8) is 0 Å². The molecular formula is C27H43NO. The zero-order valence-corrected chi connectivity index (χ0v) is 19.2. The van der Waals surface area contributed by atoms with Gasteiger partial charge in [-0.15, -0.1) is 0 Å². The summed E-state index contributed by atoms with van der Waals surface area (Å²) in [6.07, 6.45) is 13.8. The van der Waals surface area contributed by atoms with Gasteiger partial charge in [-0.2, -0.15) is 0 Å². The van der Waals surface area contributed by atoms with E-state index >= 15 is 0 Å². The Kier molecular flexibility index (Phi) is 5.27. The summed E-state index contributed by atoms with van der Waals surface area (Å²) in [5, 5.41) is 14.1. The van der Waals surface area contributed by atoms with Gasteiger partial charge in [0.05, 0.1) is 6.10 Å². The predicted molar refractivity (Wildman–Crippen MR) is 121 cm³/mol. The fourth-order valence-corrected chi connectivity index (χ4v) is 8.40. The number of piperidine rings is 1. The van der Waals surface area contributed by atoms with E-state index in [9.17, 15) is 5.11 Å². The average Bonchev–Trinajstić information content (AvgIpc) is 3.10. The molecule has 5 aliphatic rings. The topological polar surface area (TPSA) is 32.3 Å². The van der Waals surface area contributed by atoms with E-state index in [-0.39, 0.29) is 6.10 Å². The molecule has 2 N–H and O–H groups in total. The molecule has 2 nitrogen and oxygen atoms in total. The molecule has 9 atom stereocenters. The lowest BCUT2D eigenvalue weighted by Crippen LogP contribution is -2.45. The SMILES string of the molecule is CC1=C2CC3C(CC=C4CC(O)CCC43C)C2CCC1C(C)C1CCC(C)CN1. The highest BCUT2D eigenvalue weighted by Gasteiger charge is 2.54. The highest BCUT2D eigenvalue weighted by atomic mass is 16.3. The van der Waals surface area contributed by atoms with Crippen molar-refractivity contribution in [3.8, 4) is 0 Å². The first-order valence-electron chi connectivity index (χ1n) is 12.7. The monoisotopic (exact) mass is 397 g/mol. The molecule has 9 unspecified atom stereocenters. The summed E-state index contributed by atoms with van der Waals surface area (Å²) < 4.78 is 0. The van der Waals surface area contributed by atoms with Gasteiger partial charge < -0.3 is 10.4 Å². The molecule has 0 aromatic heterocycles. The van der Waals surface area contributed by atoms with E-state index in [1.165, 1.54) is 51.5 Å². The second-order valence-electron chi connectivity index (χ2n) is 11.8. The normalized spacial score (nSPS) is 48.4. The molecule has 0 amide bonds. The van der Waals surface area contributed by atoms with Gasteiger partial charge in [0.15, 0.2) is 0 Å². The highest BCUT2D eigenvalue weighted by molar-refractivity contribution is 5.34. The van der Waals surface area contributed by atoms with Gasteiger partial charge in [-0.1, -0.05) is 43.6 Å². The summed E-state index contributed by atoms with van der Waals surface area (Å²) in [6, 6.07) is 0.720. The predicted octanol–water partition coefficient (Wildman–Crippen LogP) is 5.87. The Labute approximate surface area is 178 Å². The van der Waals surface area contributed by atoms with Gasteiger partial charge in [0.1, 0.15) is 0 Å². The molecule has 162 valence electrons. The van der Waals surface area contributed by atoms with Crippen LogP contribution in [0.3, 0.4) is 0 Å². The van der Waals surface area contributed by atoms with Crippen LogP contribution in [0.25, 0.3) is 0 Å². The first-order valence-corrected chi connectivity index (χ1v) is 12.7. The fraction of sp³-hybridized carbons (Fsp3) is 0.852. The molecule has 1 aliphatic heterocycles. The molecule has 4 aliphatic carbocycles. The summed E-state index contributed by atoms with van der Waals surface area (Å²) in [7, 11) is 0. The molecule has 0 aromatic rings. The van der Waals surface area contributed by atoms with E-state index in [4.69, 9.17) is 0 Å². The minimum atomic E-state index is -0.0913. The van der Waals surface area contributed by atoms with Crippen LogP contribution in [0.5, 0.6) is 0 Å². The molecule has 2 saturated carbocycles. The number of hydrogen-bond donors (Lipinski definition) is 2. The van der Waals surface area contributed by atoms with Crippen molar-refractivity contribution in [2.24, 2.45) is 40.9 Å². The average molecular weight is 398 g/mol. The second kappa shape index (κ2) is 7.52. The van der Waals surface area contributed by atoms with E-state index in [1.807, 2.05) is 5.57 Å². The van der Waals surface area contributed by atoms with Crippen molar-refractivity contribution in [2.45, 2.75) is 97.6 Å². The molecule has 0 aromatic carbocycles. The Morgan fingerprint density at radius 1 is 1.14 bits per heavy atom. The van der Waals surface area contributed by atoms with Crippen LogP contribution < -0.4 is 5.32 Å². The molecule has 1 heterocycles. The lowest BCUT2D eigenvalue weighted by Gasteiger charge is -2.49. The second-order valence-corrected chi connectivity index (χ2v) is 11.8. The number of nitrogens with one attached hydrogen (secondary N) is 1. The molecule has 2 heteroatoms. The van der Waals surface area contributed by atoms with Gasteiger partial charge in [0, 0.05) is 6.04 Å². The first-order chi connectivity index (χ1) is 13.9. The third-order valence-corrected chi connectivity index (χ3v) is 10.4. The maximum absolute atomic E-state index is 10.2. The van der Waals surface area contributed by atoms with Crippen LogP contribution >= 0.6 is 0 Å². The molecular weight excluding hydrogens is 354 g/mol. The number of allylic oxidation sites excluding steroid dienone is 3. The minimum Gasteiger partial charge on any atom is -0.393 e. The molecule has 0 radical (unpaired) electrons. The van der Waals surface area contributed by atoms with Crippen molar-refractivity contribution in [1.29, 1.82) is 0 Å². The molecule has 0 spiro atoms. The van der Waals surface area contributed by atoms with E-state index in [2.05, 4.69) is 39.1 Å². The van der Waals surface area contributed by atoms with Gasteiger partial charge in [-0.05, 0) is 112 Å². The van der Waals surface area contributed by atoms with Gasteiger partial charge in [-0.25, -0.2) is 0 Å². The Balaban J connectivity index is 1.37. The Morgan fingerprint density at radius 2 is 1.97 bits per heavy atom. The van der Waals surface area contributed by atoms with Gasteiger partial charge in [-0.3, -0.25) is 0 Å². The van der Waals surface area contributed by atoms with Crippen LogP contribution in [0.15, 0.2) is 22.8 Å². The smallest absolute Gasteiger partial charge is 0.0577 e. The number of aliphatic hydroxyl groups is 1. The highest BCUT2D eigenvalue weighted by Crippen LogP contribution is 2.63. The number of hydrogen-bond acceptors (Lipinski definition) is 2. The fourth-order valence-electron chi connectivity index (χ4n) is 8.40. The van der Waals surface area contributed by atoms with Crippen LogP contribution in [-0.2, 0) is 0 Å². The van der Waals surface area contributed by atoms with Crippen LogP contribution in [0.4, 0.5) is 0 Å². The molecule has 1 saturated heterocycles. The largest absolute Gasteiger partial charge is 0.393 e. The van der Waals surface area contributed by atoms with Crippen LogP contribution in [-0.4, -0.2) is 23.8 Å². The third kappa shape index (κ3) is 3.28. The van der Waals surface area contributed by atoms with Gasteiger partial charge in [0.25, 0.3) is 0 Å². The summed E-state index contributed by atoms with van der Waals surface area (Å²) in [4.78, 5) is 0. The number of rotatable bonds is 2. The summed E-state index contributed by atoms with van der Waals surface area (Å²) in [5.41, 5.74) is 5.60. The Bertz CT molecular complexity index is 699. The van der Waals surface area contributed by atoms with Crippen molar-refractivity contribution < 1.29 is 5.11 Å². The maximum atomic E-state index is 10.2. The standard InChI is InChI=1S/C27H43NO/c1-16-5-10-26(28-15-16)18(3)21-8-9-22-23-7-6-19-13-20(29)11-12-27(19,4)25(23)14-24(22)17(21)2/h6,16,18,20-23,25-26,28-29H,5,7-15H2,1-4H3. The zero-order valence-electron chi connectivity index (χ0n) is 19.2.